The molecular weight excluding hydrogens is 480 g/mol. The molecule has 2 aromatic carbocycles. The number of nitrogens with zero attached hydrogens (tertiary/aromatic N) is 1. The van der Waals surface area contributed by atoms with Crippen molar-refractivity contribution >= 4 is 11.8 Å². The van der Waals surface area contributed by atoms with Gasteiger partial charge in [0.25, 0.3) is 11.8 Å². The second-order valence-electron chi connectivity index (χ2n) is 9.52. The summed E-state index contributed by atoms with van der Waals surface area (Å²) in [4.78, 5) is 28.1. The van der Waals surface area contributed by atoms with Gasteiger partial charge in [0.2, 0.25) is 0 Å². The minimum Gasteiger partial charge on any atom is -0.392 e. The summed E-state index contributed by atoms with van der Waals surface area (Å²) in [5.74, 6) is -2.19. The molecule has 3 atom stereocenters. The van der Waals surface area contributed by atoms with Gasteiger partial charge in [-0.1, -0.05) is 13.8 Å². The number of nitrogens with one attached hydrogen (secondary N) is 2. The Labute approximate surface area is 217 Å². The van der Waals surface area contributed by atoms with Crippen LogP contribution in [0.5, 0.6) is 0 Å². The topological polar surface area (TPSA) is 102 Å². The van der Waals surface area contributed by atoms with E-state index in [2.05, 4.69) is 10.6 Å². The Morgan fingerprint density at radius 1 is 0.919 bits per heavy atom. The molecule has 0 saturated heterocycles. The van der Waals surface area contributed by atoms with E-state index in [1.165, 1.54) is 6.07 Å². The lowest BCUT2D eigenvalue weighted by Gasteiger charge is -2.26. The Hall–Kier alpha value is -2.88. The molecule has 0 bridgehead atoms. The standard InChI is InChI=1S/C28H39F2N3O4/c1-5-7-33(8-6-2)28(37)22-10-18(3)9-21(14-22)27(36)32-25(26(35)17-31-16-19(4)34)13-20-11-23(29)15-24(30)12-20/h9-12,14-15,19,25-26,31,34-35H,5-8,13,16-17H2,1-4H3,(H,32,36)/t19-,25-,26+/m0/s1. The highest BCUT2D eigenvalue weighted by atomic mass is 19.1. The monoisotopic (exact) mass is 519 g/mol. The van der Waals surface area contributed by atoms with E-state index in [4.69, 9.17) is 0 Å². The lowest BCUT2D eigenvalue weighted by Crippen LogP contribution is -2.49. The zero-order valence-electron chi connectivity index (χ0n) is 22.1. The Balaban J connectivity index is 2.29. The number of benzene rings is 2. The predicted octanol–water partition coefficient (Wildman–Crippen LogP) is 3.21. The smallest absolute Gasteiger partial charge is 0.253 e. The van der Waals surface area contributed by atoms with Crippen molar-refractivity contribution in [2.75, 3.05) is 26.2 Å². The summed E-state index contributed by atoms with van der Waals surface area (Å²) in [5.41, 5.74) is 1.64. The minimum atomic E-state index is -1.12. The van der Waals surface area contributed by atoms with Crippen LogP contribution in [0.4, 0.5) is 8.78 Å². The molecule has 37 heavy (non-hydrogen) atoms. The van der Waals surface area contributed by atoms with Crippen molar-refractivity contribution in [1.29, 1.82) is 0 Å². The van der Waals surface area contributed by atoms with Crippen LogP contribution in [0.15, 0.2) is 36.4 Å². The molecule has 0 radical (unpaired) electrons. The first-order valence-corrected chi connectivity index (χ1v) is 12.8. The van der Waals surface area contributed by atoms with Gasteiger partial charge in [-0.15, -0.1) is 0 Å². The summed E-state index contributed by atoms with van der Waals surface area (Å²) in [6.07, 6.45) is -0.163. The number of hydrogen-bond acceptors (Lipinski definition) is 5. The van der Waals surface area contributed by atoms with E-state index in [0.29, 0.717) is 18.7 Å². The third-order valence-electron chi connectivity index (χ3n) is 5.81. The molecule has 2 aromatic rings. The highest BCUT2D eigenvalue weighted by Gasteiger charge is 2.24. The molecule has 0 spiro atoms. The lowest BCUT2D eigenvalue weighted by atomic mass is 9.99. The molecule has 2 rings (SSSR count). The molecule has 7 nitrogen and oxygen atoms in total. The fourth-order valence-electron chi connectivity index (χ4n) is 4.18. The van der Waals surface area contributed by atoms with E-state index in [-0.39, 0.29) is 36.5 Å². The Morgan fingerprint density at radius 3 is 2.08 bits per heavy atom. The number of aryl methyl sites for hydroxylation is 1. The van der Waals surface area contributed by atoms with Crippen molar-refractivity contribution in [3.63, 3.8) is 0 Å². The van der Waals surface area contributed by atoms with E-state index in [1.54, 1.807) is 30.9 Å². The first-order valence-electron chi connectivity index (χ1n) is 12.8. The van der Waals surface area contributed by atoms with Crippen molar-refractivity contribution in [3.05, 3.63) is 70.3 Å². The second-order valence-corrected chi connectivity index (χ2v) is 9.52. The number of aliphatic hydroxyl groups excluding tert-OH is 2. The van der Waals surface area contributed by atoms with Gasteiger partial charge >= 0.3 is 0 Å². The molecule has 0 aliphatic carbocycles. The van der Waals surface area contributed by atoms with Crippen LogP contribution in [0.25, 0.3) is 0 Å². The molecule has 4 N–H and O–H groups in total. The first-order chi connectivity index (χ1) is 17.5. The third-order valence-corrected chi connectivity index (χ3v) is 5.81. The van der Waals surface area contributed by atoms with Crippen molar-refractivity contribution in [2.45, 2.75) is 65.2 Å². The predicted molar refractivity (Wildman–Crippen MR) is 140 cm³/mol. The number of rotatable bonds is 14. The molecule has 9 heteroatoms. The fraction of sp³-hybridized carbons (Fsp3) is 0.500. The average Bonchev–Trinajstić information content (AvgIpc) is 2.81. The summed E-state index contributed by atoms with van der Waals surface area (Å²) in [5, 5.41) is 25.9. The molecule has 0 saturated carbocycles. The van der Waals surface area contributed by atoms with Crippen molar-refractivity contribution in [2.24, 2.45) is 0 Å². The van der Waals surface area contributed by atoms with Gasteiger partial charge in [-0.05, 0) is 74.6 Å². The summed E-state index contributed by atoms with van der Waals surface area (Å²) in [6, 6.07) is 7.07. The van der Waals surface area contributed by atoms with E-state index in [1.807, 2.05) is 13.8 Å². The van der Waals surface area contributed by atoms with Crippen LogP contribution in [0.2, 0.25) is 0 Å². The number of halogens is 2. The van der Waals surface area contributed by atoms with Gasteiger partial charge in [0.05, 0.1) is 18.2 Å². The highest BCUT2D eigenvalue weighted by molar-refractivity contribution is 6.00. The SMILES string of the molecule is CCCN(CCC)C(=O)c1cc(C)cc(C(=O)N[C@@H](Cc2cc(F)cc(F)c2)[C@H](O)CNC[C@H](C)O)c1. The molecule has 0 aliphatic rings. The maximum absolute atomic E-state index is 13.8. The van der Waals surface area contributed by atoms with Crippen LogP contribution in [0, 0.1) is 18.6 Å². The molecule has 0 fully saturated rings. The van der Waals surface area contributed by atoms with Crippen molar-refractivity contribution in [1.82, 2.24) is 15.5 Å². The summed E-state index contributed by atoms with van der Waals surface area (Å²) in [7, 11) is 0. The van der Waals surface area contributed by atoms with Crippen molar-refractivity contribution in [3.8, 4) is 0 Å². The normalized spacial score (nSPS) is 13.6. The summed E-state index contributed by atoms with van der Waals surface area (Å²) >= 11 is 0. The van der Waals surface area contributed by atoms with E-state index >= 15 is 0 Å². The lowest BCUT2D eigenvalue weighted by molar-refractivity contribution is 0.0755. The summed E-state index contributed by atoms with van der Waals surface area (Å²) in [6.45, 7) is 8.86. The van der Waals surface area contributed by atoms with E-state index < -0.39 is 35.8 Å². The number of amides is 2. The number of carbonyl (C=O) groups is 2. The van der Waals surface area contributed by atoms with Crippen LogP contribution in [0.3, 0.4) is 0 Å². The van der Waals surface area contributed by atoms with Crippen LogP contribution in [-0.4, -0.2) is 71.4 Å². The molecule has 0 aliphatic heterocycles. The van der Waals surface area contributed by atoms with Crippen LogP contribution >= 0.6 is 0 Å². The van der Waals surface area contributed by atoms with Gasteiger partial charge in [0, 0.05) is 43.4 Å². The average molecular weight is 520 g/mol. The fourth-order valence-corrected chi connectivity index (χ4v) is 4.18. The molecule has 0 unspecified atom stereocenters. The molecular formula is C28H39F2N3O4. The first kappa shape index (κ1) is 30.3. The summed E-state index contributed by atoms with van der Waals surface area (Å²) < 4.78 is 27.5. The van der Waals surface area contributed by atoms with Gasteiger partial charge in [-0.3, -0.25) is 9.59 Å². The molecule has 204 valence electrons. The van der Waals surface area contributed by atoms with Crippen LogP contribution < -0.4 is 10.6 Å². The van der Waals surface area contributed by atoms with Crippen LogP contribution in [-0.2, 0) is 6.42 Å². The Kier molecular flexibility index (Phi) is 12.1. The van der Waals surface area contributed by atoms with Gasteiger partial charge in [0.1, 0.15) is 11.6 Å². The number of aliphatic hydroxyl groups is 2. The van der Waals surface area contributed by atoms with Gasteiger partial charge < -0.3 is 25.7 Å². The second kappa shape index (κ2) is 14.8. The van der Waals surface area contributed by atoms with Crippen LogP contribution in [0.1, 0.15) is 65.5 Å². The zero-order chi connectivity index (χ0) is 27.5. The number of hydrogen-bond donors (Lipinski definition) is 4. The maximum atomic E-state index is 13.8. The Morgan fingerprint density at radius 2 is 1.51 bits per heavy atom. The van der Waals surface area contributed by atoms with Gasteiger partial charge in [-0.25, -0.2) is 8.78 Å². The molecule has 2 amide bonds. The maximum Gasteiger partial charge on any atom is 0.253 e. The zero-order valence-corrected chi connectivity index (χ0v) is 22.1. The number of carbonyl (C=O) groups excluding carboxylic acids is 2. The van der Waals surface area contributed by atoms with Gasteiger partial charge in [-0.2, -0.15) is 0 Å². The molecule has 0 heterocycles. The third kappa shape index (κ3) is 9.83. The van der Waals surface area contributed by atoms with E-state index in [9.17, 15) is 28.6 Å². The highest BCUT2D eigenvalue weighted by Crippen LogP contribution is 2.16. The minimum absolute atomic E-state index is 0.0314. The van der Waals surface area contributed by atoms with E-state index in [0.717, 1.165) is 36.6 Å². The van der Waals surface area contributed by atoms with Gasteiger partial charge in [0.15, 0.2) is 0 Å². The Bertz CT molecular complexity index is 1020. The molecule has 0 aromatic heterocycles. The largest absolute Gasteiger partial charge is 0.392 e. The quantitative estimate of drug-likeness (QED) is 0.307. The van der Waals surface area contributed by atoms with Crippen molar-refractivity contribution < 1.29 is 28.6 Å².